The Morgan fingerprint density at radius 2 is 2.32 bits per heavy atom. The Labute approximate surface area is 119 Å². The van der Waals surface area contributed by atoms with E-state index in [-0.39, 0.29) is 0 Å². The zero-order valence-corrected chi connectivity index (χ0v) is 12.4. The Morgan fingerprint density at radius 1 is 1.53 bits per heavy atom. The van der Waals surface area contributed by atoms with Gasteiger partial charge >= 0.3 is 5.97 Å². The number of carbonyl (C=O) groups is 1. The van der Waals surface area contributed by atoms with Crippen molar-refractivity contribution in [3.8, 4) is 0 Å². The van der Waals surface area contributed by atoms with Crippen LogP contribution in [0.25, 0.3) is 10.2 Å². The second kappa shape index (κ2) is 6.21. The third-order valence-electron chi connectivity index (χ3n) is 2.74. The molecule has 2 aromatic heterocycles. The van der Waals surface area contributed by atoms with E-state index in [0.717, 1.165) is 40.3 Å². The van der Waals surface area contributed by atoms with E-state index >= 15 is 0 Å². The average molecular weight is 297 g/mol. The van der Waals surface area contributed by atoms with Crippen molar-refractivity contribution in [2.45, 2.75) is 13.3 Å². The maximum absolute atomic E-state index is 11.1. The van der Waals surface area contributed by atoms with Gasteiger partial charge < -0.3 is 10.4 Å². The summed E-state index contributed by atoms with van der Waals surface area (Å²) in [6.45, 7) is 2.63. The highest BCUT2D eigenvalue weighted by Crippen LogP contribution is 2.33. The Kier molecular flexibility index (Phi) is 4.60. The van der Waals surface area contributed by atoms with Gasteiger partial charge in [0, 0.05) is 6.54 Å². The van der Waals surface area contributed by atoms with Gasteiger partial charge in [-0.15, -0.1) is 11.3 Å². The van der Waals surface area contributed by atoms with Crippen LogP contribution in [-0.4, -0.2) is 39.6 Å². The lowest BCUT2D eigenvalue weighted by atomic mass is 10.2. The van der Waals surface area contributed by atoms with Crippen molar-refractivity contribution >= 4 is 45.1 Å². The van der Waals surface area contributed by atoms with Crippen LogP contribution in [0.4, 0.5) is 5.82 Å². The second-order valence-corrected chi connectivity index (χ2v) is 6.02. The van der Waals surface area contributed by atoms with Crippen molar-refractivity contribution in [1.82, 2.24) is 9.97 Å². The highest BCUT2D eigenvalue weighted by molar-refractivity contribution is 7.98. The Bertz CT molecular complexity index is 598. The van der Waals surface area contributed by atoms with E-state index in [4.69, 9.17) is 5.11 Å². The quantitative estimate of drug-likeness (QED) is 0.799. The summed E-state index contributed by atoms with van der Waals surface area (Å²) in [6, 6.07) is 0. The van der Waals surface area contributed by atoms with Gasteiger partial charge in [-0.2, -0.15) is 11.8 Å². The van der Waals surface area contributed by atoms with Crippen LogP contribution in [0.1, 0.15) is 21.7 Å². The number of carboxylic acids is 1. The molecule has 0 aromatic carbocycles. The molecular weight excluding hydrogens is 282 g/mol. The van der Waals surface area contributed by atoms with Gasteiger partial charge in [-0.1, -0.05) is 0 Å². The van der Waals surface area contributed by atoms with E-state index in [1.807, 2.05) is 0 Å². The molecule has 2 aromatic rings. The van der Waals surface area contributed by atoms with E-state index in [1.54, 1.807) is 18.7 Å². The number of nitrogens with zero attached hydrogens (tertiary/aromatic N) is 2. The molecule has 0 radical (unpaired) electrons. The molecule has 0 fully saturated rings. The van der Waals surface area contributed by atoms with E-state index in [9.17, 15) is 4.79 Å². The Morgan fingerprint density at radius 3 is 3.00 bits per heavy atom. The molecule has 19 heavy (non-hydrogen) atoms. The van der Waals surface area contributed by atoms with Gasteiger partial charge in [-0.05, 0) is 30.9 Å². The predicted octanol–water partition coefficient (Wildman–Crippen LogP) is 2.86. The van der Waals surface area contributed by atoms with Crippen LogP contribution in [0.5, 0.6) is 0 Å². The molecule has 0 bridgehead atoms. The first kappa shape index (κ1) is 14.1. The molecule has 0 amide bonds. The minimum absolute atomic E-state index is 0.336. The van der Waals surface area contributed by atoms with Gasteiger partial charge in [0.1, 0.15) is 21.9 Å². The van der Waals surface area contributed by atoms with Crippen LogP contribution in [-0.2, 0) is 0 Å². The van der Waals surface area contributed by atoms with Crippen LogP contribution >= 0.6 is 23.1 Å². The number of aryl methyl sites for hydroxylation is 1. The molecule has 0 aliphatic rings. The molecule has 0 unspecified atom stereocenters. The SMILES string of the molecule is CSCCCNc1ncnc2sc(C(=O)O)c(C)c12. The fourth-order valence-corrected chi connectivity index (χ4v) is 3.25. The average Bonchev–Trinajstić information content (AvgIpc) is 2.73. The van der Waals surface area contributed by atoms with Crippen LogP contribution in [0.2, 0.25) is 0 Å². The summed E-state index contributed by atoms with van der Waals surface area (Å²) in [4.78, 5) is 20.6. The summed E-state index contributed by atoms with van der Waals surface area (Å²) < 4.78 is 0. The van der Waals surface area contributed by atoms with Crippen LogP contribution in [0, 0.1) is 6.92 Å². The number of hydrogen-bond donors (Lipinski definition) is 2. The van der Waals surface area contributed by atoms with E-state index in [1.165, 1.54) is 17.7 Å². The molecule has 0 aliphatic carbocycles. The fourth-order valence-electron chi connectivity index (χ4n) is 1.83. The molecule has 0 saturated heterocycles. The van der Waals surface area contributed by atoms with Gasteiger partial charge in [-0.3, -0.25) is 0 Å². The van der Waals surface area contributed by atoms with E-state index < -0.39 is 5.97 Å². The topological polar surface area (TPSA) is 75.1 Å². The number of nitrogens with one attached hydrogen (secondary N) is 1. The lowest BCUT2D eigenvalue weighted by Crippen LogP contribution is -2.05. The van der Waals surface area contributed by atoms with Gasteiger partial charge in [0.25, 0.3) is 0 Å². The van der Waals surface area contributed by atoms with Gasteiger partial charge in [0.15, 0.2) is 0 Å². The van der Waals surface area contributed by atoms with Gasteiger partial charge in [0.05, 0.1) is 5.39 Å². The van der Waals surface area contributed by atoms with Crippen LogP contribution in [0.3, 0.4) is 0 Å². The first-order valence-electron chi connectivity index (χ1n) is 5.85. The summed E-state index contributed by atoms with van der Waals surface area (Å²) in [5.41, 5.74) is 0.737. The molecule has 0 saturated carbocycles. The van der Waals surface area contributed by atoms with Gasteiger partial charge in [-0.25, -0.2) is 14.8 Å². The standard InChI is InChI=1S/C12H15N3O2S2/c1-7-8-10(13-4-3-5-18-2)14-6-15-11(8)19-9(7)12(16)17/h6H,3-5H2,1-2H3,(H,16,17)(H,13,14,15). The van der Waals surface area contributed by atoms with Crippen molar-refractivity contribution in [3.63, 3.8) is 0 Å². The number of hydrogen-bond acceptors (Lipinski definition) is 6. The summed E-state index contributed by atoms with van der Waals surface area (Å²) in [5.74, 6) is 0.908. The van der Waals surface area contributed by atoms with E-state index in [2.05, 4.69) is 21.5 Å². The predicted molar refractivity (Wildman–Crippen MR) is 80.6 cm³/mol. The minimum Gasteiger partial charge on any atom is -0.477 e. The smallest absolute Gasteiger partial charge is 0.346 e. The Hall–Kier alpha value is -1.34. The highest BCUT2D eigenvalue weighted by atomic mass is 32.2. The number of fused-ring (bicyclic) bond motifs is 1. The highest BCUT2D eigenvalue weighted by Gasteiger charge is 2.18. The number of anilines is 1. The molecular formula is C12H15N3O2S2. The van der Waals surface area contributed by atoms with Crippen molar-refractivity contribution in [3.05, 3.63) is 16.8 Å². The second-order valence-electron chi connectivity index (χ2n) is 4.04. The maximum Gasteiger partial charge on any atom is 0.346 e. The van der Waals surface area contributed by atoms with Crippen LogP contribution in [0.15, 0.2) is 6.33 Å². The summed E-state index contributed by atoms with van der Waals surface area (Å²) in [5, 5.41) is 13.2. The Balaban J connectivity index is 2.31. The van der Waals surface area contributed by atoms with Crippen LogP contribution < -0.4 is 5.32 Å². The molecule has 2 N–H and O–H groups in total. The van der Waals surface area contributed by atoms with Crippen molar-refractivity contribution in [2.75, 3.05) is 23.9 Å². The molecule has 0 atom stereocenters. The van der Waals surface area contributed by atoms with Crippen molar-refractivity contribution in [2.24, 2.45) is 0 Å². The van der Waals surface area contributed by atoms with Crippen molar-refractivity contribution in [1.29, 1.82) is 0 Å². The third-order valence-corrected chi connectivity index (χ3v) is 4.62. The summed E-state index contributed by atoms with van der Waals surface area (Å²) in [7, 11) is 0. The molecule has 2 heterocycles. The largest absolute Gasteiger partial charge is 0.477 e. The lowest BCUT2D eigenvalue weighted by molar-refractivity contribution is 0.0701. The summed E-state index contributed by atoms with van der Waals surface area (Å²) in [6.07, 6.45) is 4.59. The fraction of sp³-hybridized carbons (Fsp3) is 0.417. The molecule has 5 nitrogen and oxygen atoms in total. The maximum atomic E-state index is 11.1. The number of thiophene rings is 1. The number of aromatic nitrogens is 2. The summed E-state index contributed by atoms with van der Waals surface area (Å²) >= 11 is 3.00. The van der Waals surface area contributed by atoms with Crippen molar-refractivity contribution < 1.29 is 9.90 Å². The number of carboxylic acid groups (broad SMARTS) is 1. The first-order chi connectivity index (χ1) is 9.15. The molecule has 0 aliphatic heterocycles. The lowest BCUT2D eigenvalue weighted by Gasteiger charge is -2.06. The molecule has 102 valence electrons. The third kappa shape index (κ3) is 2.98. The zero-order valence-electron chi connectivity index (χ0n) is 10.8. The van der Waals surface area contributed by atoms with Gasteiger partial charge in [0.2, 0.25) is 0 Å². The minimum atomic E-state index is -0.908. The first-order valence-corrected chi connectivity index (χ1v) is 8.06. The molecule has 7 heteroatoms. The number of rotatable bonds is 6. The monoisotopic (exact) mass is 297 g/mol. The molecule has 0 spiro atoms. The van der Waals surface area contributed by atoms with E-state index in [0.29, 0.717) is 4.88 Å². The number of thioether (sulfide) groups is 1. The zero-order chi connectivity index (χ0) is 13.8. The molecule has 2 rings (SSSR count). The number of aromatic carboxylic acids is 1. The normalized spacial score (nSPS) is 10.8.